The molecule has 1 N–H and O–H groups in total. The third-order valence-electron chi connectivity index (χ3n) is 4.09. The summed E-state index contributed by atoms with van der Waals surface area (Å²) in [4.78, 5) is 12.8. The minimum Gasteiger partial charge on any atom is -0.489 e. The lowest BCUT2D eigenvalue weighted by Crippen LogP contribution is -2.18. The molecule has 27 heavy (non-hydrogen) atoms. The van der Waals surface area contributed by atoms with Crippen LogP contribution in [0.25, 0.3) is 0 Å². The number of hydrogen-bond acceptors (Lipinski definition) is 4. The second-order valence-electron chi connectivity index (χ2n) is 6.16. The second kappa shape index (κ2) is 9.97. The highest BCUT2D eigenvalue weighted by molar-refractivity contribution is 7.99. The average molecular weight is 410 g/mol. The number of benzene rings is 2. The highest BCUT2D eigenvalue weighted by atomic mass is 35.5. The summed E-state index contributed by atoms with van der Waals surface area (Å²) >= 11 is 7.36. The Labute approximate surface area is 167 Å². The topological polar surface area (TPSA) is 47.6 Å². The maximum atomic E-state index is 13.6. The van der Waals surface area contributed by atoms with E-state index in [0.29, 0.717) is 33.7 Å². The average Bonchev–Trinajstić information content (AvgIpc) is 3.16. The van der Waals surface area contributed by atoms with E-state index < -0.39 is 0 Å². The molecule has 0 radical (unpaired) electrons. The summed E-state index contributed by atoms with van der Waals surface area (Å²) in [6.07, 6.45) is 2.35. The van der Waals surface area contributed by atoms with Crippen molar-refractivity contribution in [1.82, 2.24) is 0 Å². The van der Waals surface area contributed by atoms with Crippen LogP contribution in [0.5, 0.6) is 5.75 Å². The van der Waals surface area contributed by atoms with E-state index in [1.165, 1.54) is 17.8 Å². The van der Waals surface area contributed by atoms with E-state index >= 15 is 0 Å². The number of nitrogens with one attached hydrogen (secondary N) is 1. The number of halogens is 2. The van der Waals surface area contributed by atoms with Gasteiger partial charge in [0.25, 0.3) is 0 Å². The van der Waals surface area contributed by atoms with Crippen molar-refractivity contribution in [2.45, 2.75) is 30.3 Å². The first kappa shape index (κ1) is 20.0. The van der Waals surface area contributed by atoms with Crippen LogP contribution in [0, 0.1) is 5.82 Å². The Kier molecular flexibility index (Phi) is 7.38. The maximum absolute atomic E-state index is 13.6. The molecule has 1 amide bonds. The number of carbonyl (C=O) groups excluding carboxylic acids is 1. The van der Waals surface area contributed by atoms with E-state index in [2.05, 4.69) is 5.32 Å². The van der Waals surface area contributed by atoms with Gasteiger partial charge in [0.2, 0.25) is 5.91 Å². The van der Waals surface area contributed by atoms with Crippen molar-refractivity contribution in [3.63, 3.8) is 0 Å². The van der Waals surface area contributed by atoms with Gasteiger partial charge >= 0.3 is 0 Å². The van der Waals surface area contributed by atoms with Gasteiger partial charge in [0.1, 0.15) is 18.2 Å². The lowest BCUT2D eigenvalue weighted by Gasteiger charge is -2.15. The maximum Gasteiger partial charge on any atom is 0.225 e. The van der Waals surface area contributed by atoms with Crippen molar-refractivity contribution in [2.75, 3.05) is 24.3 Å². The normalized spacial score (nSPS) is 16.3. The minimum absolute atomic E-state index is 0.0846. The van der Waals surface area contributed by atoms with Crippen LogP contribution in [0.15, 0.2) is 47.4 Å². The molecule has 1 heterocycles. The number of thioether (sulfide) groups is 1. The third-order valence-corrected chi connectivity index (χ3v) is 5.37. The fraction of sp³-hybridized carbons (Fsp3) is 0.350. The van der Waals surface area contributed by atoms with Gasteiger partial charge in [-0.3, -0.25) is 4.79 Å². The quantitative estimate of drug-likeness (QED) is 0.612. The van der Waals surface area contributed by atoms with E-state index in [1.54, 1.807) is 36.4 Å². The Morgan fingerprint density at radius 2 is 2.19 bits per heavy atom. The first-order valence-corrected chi connectivity index (χ1v) is 10.2. The number of ether oxygens (including phenoxy) is 2. The monoisotopic (exact) mass is 409 g/mol. The van der Waals surface area contributed by atoms with Crippen LogP contribution in [-0.4, -0.2) is 31.0 Å². The van der Waals surface area contributed by atoms with Crippen molar-refractivity contribution in [3.05, 3.63) is 53.3 Å². The lowest BCUT2D eigenvalue weighted by atomic mass is 10.2. The molecule has 0 bridgehead atoms. The van der Waals surface area contributed by atoms with Crippen molar-refractivity contribution >= 4 is 35.0 Å². The molecule has 2 aromatic carbocycles. The standard InChI is InChI=1S/C20H21ClFNO3S/c21-14-7-8-18(26-13-15-4-3-10-25-15)17(12-14)23-20(24)9-11-27-19-6-2-1-5-16(19)22/h1-2,5-8,12,15H,3-4,9-11,13H2,(H,23,24). The third kappa shape index (κ3) is 6.13. The predicted octanol–water partition coefficient (Wildman–Crippen LogP) is 5.16. The predicted molar refractivity (Wildman–Crippen MR) is 106 cm³/mol. The highest BCUT2D eigenvalue weighted by Gasteiger charge is 2.17. The van der Waals surface area contributed by atoms with E-state index in [9.17, 15) is 9.18 Å². The first-order chi connectivity index (χ1) is 13.1. The summed E-state index contributed by atoms with van der Waals surface area (Å²) in [5.74, 6) is 0.579. The van der Waals surface area contributed by atoms with E-state index in [0.717, 1.165) is 19.4 Å². The van der Waals surface area contributed by atoms with Crippen molar-refractivity contribution < 1.29 is 18.7 Å². The summed E-state index contributed by atoms with van der Waals surface area (Å²) in [6, 6.07) is 11.6. The van der Waals surface area contributed by atoms with Gasteiger partial charge in [-0.25, -0.2) is 4.39 Å². The molecule has 2 aromatic rings. The summed E-state index contributed by atoms with van der Waals surface area (Å²) in [5.41, 5.74) is 0.529. The Morgan fingerprint density at radius 1 is 1.33 bits per heavy atom. The molecule has 7 heteroatoms. The molecule has 1 aliphatic heterocycles. The SMILES string of the molecule is O=C(CCSc1ccccc1F)Nc1cc(Cl)ccc1OCC1CCCO1. The van der Waals surface area contributed by atoms with Crippen LogP contribution in [0.2, 0.25) is 5.02 Å². The van der Waals surface area contributed by atoms with E-state index in [-0.39, 0.29) is 24.2 Å². The minimum atomic E-state index is -0.275. The smallest absolute Gasteiger partial charge is 0.225 e. The summed E-state index contributed by atoms with van der Waals surface area (Å²) in [6.45, 7) is 1.20. The van der Waals surface area contributed by atoms with Crippen LogP contribution in [0.1, 0.15) is 19.3 Å². The molecule has 1 atom stereocenters. The number of anilines is 1. The van der Waals surface area contributed by atoms with Gasteiger partial charge in [-0.05, 0) is 43.2 Å². The van der Waals surface area contributed by atoms with Gasteiger partial charge in [0.15, 0.2) is 0 Å². The van der Waals surface area contributed by atoms with Gasteiger partial charge in [0, 0.05) is 28.7 Å². The van der Waals surface area contributed by atoms with Gasteiger partial charge in [-0.2, -0.15) is 0 Å². The molecular formula is C20H21ClFNO3S. The van der Waals surface area contributed by atoms with Crippen LogP contribution in [-0.2, 0) is 9.53 Å². The van der Waals surface area contributed by atoms with Gasteiger partial charge in [0.05, 0.1) is 11.8 Å². The number of hydrogen-bond donors (Lipinski definition) is 1. The number of rotatable bonds is 8. The van der Waals surface area contributed by atoms with E-state index in [4.69, 9.17) is 21.1 Å². The van der Waals surface area contributed by atoms with Gasteiger partial charge < -0.3 is 14.8 Å². The fourth-order valence-corrected chi connectivity index (χ4v) is 3.77. The molecule has 0 aromatic heterocycles. The second-order valence-corrected chi connectivity index (χ2v) is 7.74. The van der Waals surface area contributed by atoms with Crippen molar-refractivity contribution in [3.8, 4) is 5.75 Å². The molecule has 1 fully saturated rings. The molecular weight excluding hydrogens is 389 g/mol. The Balaban J connectivity index is 1.53. The molecule has 3 rings (SSSR count). The Hall–Kier alpha value is -1.76. The van der Waals surface area contributed by atoms with E-state index in [1.807, 2.05) is 0 Å². The van der Waals surface area contributed by atoms with Crippen LogP contribution in [0.4, 0.5) is 10.1 Å². The molecule has 0 aliphatic carbocycles. The molecule has 4 nitrogen and oxygen atoms in total. The van der Waals surface area contributed by atoms with Gasteiger partial charge in [-0.1, -0.05) is 23.7 Å². The number of carbonyl (C=O) groups is 1. The lowest BCUT2D eigenvalue weighted by molar-refractivity contribution is -0.115. The zero-order valence-corrected chi connectivity index (χ0v) is 16.3. The Morgan fingerprint density at radius 3 is 2.96 bits per heavy atom. The van der Waals surface area contributed by atoms with Crippen LogP contribution >= 0.6 is 23.4 Å². The first-order valence-electron chi connectivity index (χ1n) is 8.83. The zero-order chi connectivity index (χ0) is 19.1. The molecule has 1 unspecified atom stereocenters. The fourth-order valence-electron chi connectivity index (χ4n) is 2.71. The highest BCUT2D eigenvalue weighted by Crippen LogP contribution is 2.29. The molecule has 1 saturated heterocycles. The van der Waals surface area contributed by atoms with Crippen LogP contribution in [0.3, 0.4) is 0 Å². The van der Waals surface area contributed by atoms with Gasteiger partial charge in [-0.15, -0.1) is 11.8 Å². The van der Waals surface area contributed by atoms with Crippen molar-refractivity contribution in [2.24, 2.45) is 0 Å². The Bertz CT molecular complexity index is 784. The molecule has 144 valence electrons. The molecule has 0 spiro atoms. The summed E-state index contributed by atoms with van der Waals surface area (Å²) in [7, 11) is 0. The molecule has 0 saturated carbocycles. The number of amides is 1. The van der Waals surface area contributed by atoms with Crippen LogP contribution < -0.4 is 10.1 Å². The molecule has 1 aliphatic rings. The largest absolute Gasteiger partial charge is 0.489 e. The summed E-state index contributed by atoms with van der Waals surface area (Å²) < 4.78 is 25.0. The van der Waals surface area contributed by atoms with Crippen molar-refractivity contribution in [1.29, 1.82) is 0 Å². The summed E-state index contributed by atoms with van der Waals surface area (Å²) in [5, 5.41) is 3.34. The zero-order valence-electron chi connectivity index (χ0n) is 14.8.